The number of nitrogens with one attached hydrogen (secondary N) is 1. The predicted octanol–water partition coefficient (Wildman–Crippen LogP) is -0.959. The Hall–Kier alpha value is -0.420. The number of aliphatic hydroxyl groups is 2. The summed E-state index contributed by atoms with van der Waals surface area (Å²) in [6, 6.07) is -0.367. The quantitative estimate of drug-likeness (QED) is 0.478. The lowest BCUT2D eigenvalue weighted by molar-refractivity contribution is -0.0542. The third-order valence-electron chi connectivity index (χ3n) is 2.77. The van der Waals surface area contributed by atoms with Gasteiger partial charge in [-0.15, -0.1) is 0 Å². The second-order valence-electron chi connectivity index (χ2n) is 3.96. The van der Waals surface area contributed by atoms with Crippen molar-refractivity contribution in [1.82, 2.24) is 10.2 Å². The molecule has 4 atom stereocenters. The molecule has 96 valence electrons. The second kappa shape index (κ2) is 5.06. The maximum absolute atomic E-state index is 11.7. The molecule has 5 N–H and O–H groups in total. The first-order chi connectivity index (χ1) is 8.02. The first-order valence-corrected chi connectivity index (χ1v) is 6.27. The summed E-state index contributed by atoms with van der Waals surface area (Å²) in [6.07, 6.45) is -0.608. The van der Waals surface area contributed by atoms with Crippen LogP contribution < -0.4 is 11.1 Å². The topological polar surface area (TPSA) is 108 Å². The van der Waals surface area contributed by atoms with Gasteiger partial charge in [-0.3, -0.25) is 4.90 Å². The Bertz CT molecular complexity index is 351. The average Bonchev–Trinajstić information content (AvgIpc) is 2.65. The first-order valence-electron chi connectivity index (χ1n) is 5.19. The fraction of sp³-hybridized carbons (Fsp3) is 0.667. The molecule has 1 saturated heterocycles. The second-order valence-corrected chi connectivity index (χ2v) is 5.21. The van der Waals surface area contributed by atoms with Crippen molar-refractivity contribution < 1.29 is 19.7 Å². The van der Waals surface area contributed by atoms with Gasteiger partial charge in [0.25, 0.3) is 0 Å². The van der Waals surface area contributed by atoms with Gasteiger partial charge in [0.2, 0.25) is 0 Å². The Balaban J connectivity index is 2.11. The molecule has 0 saturated carbocycles. The minimum absolute atomic E-state index is 0.270. The minimum atomic E-state index is -0.764. The molecular weight excluding hydrogens is 341 g/mol. The Morgan fingerprint density at radius 1 is 1.71 bits per heavy atom. The van der Waals surface area contributed by atoms with Gasteiger partial charge in [-0.25, -0.2) is 4.79 Å². The van der Waals surface area contributed by atoms with Crippen LogP contribution in [0.1, 0.15) is 6.42 Å². The molecule has 0 aromatic rings. The molecule has 2 heterocycles. The highest BCUT2D eigenvalue weighted by molar-refractivity contribution is 14.1. The molecule has 0 aliphatic carbocycles. The molecule has 0 radical (unpaired) electrons. The third kappa shape index (κ3) is 2.55. The summed E-state index contributed by atoms with van der Waals surface area (Å²) in [4.78, 5) is 13.1. The Morgan fingerprint density at radius 3 is 3.00 bits per heavy atom. The van der Waals surface area contributed by atoms with E-state index in [-0.39, 0.29) is 19.1 Å². The summed E-state index contributed by atoms with van der Waals surface area (Å²) in [5, 5.41) is 21.1. The van der Waals surface area contributed by atoms with Gasteiger partial charge in [0.15, 0.2) is 0 Å². The summed E-state index contributed by atoms with van der Waals surface area (Å²) >= 11 is 2.03. The van der Waals surface area contributed by atoms with Crippen LogP contribution in [0.25, 0.3) is 0 Å². The van der Waals surface area contributed by atoms with Crippen LogP contribution in [-0.4, -0.2) is 52.4 Å². The monoisotopic (exact) mass is 355 g/mol. The van der Waals surface area contributed by atoms with E-state index in [1.54, 1.807) is 6.20 Å². The number of amides is 2. The number of halogens is 1. The molecule has 0 bridgehead atoms. The molecule has 0 spiro atoms. The molecule has 1 fully saturated rings. The number of nitrogens with two attached hydrogens (primary N) is 1. The maximum Gasteiger partial charge on any atom is 0.325 e. The molecule has 2 aliphatic heterocycles. The van der Waals surface area contributed by atoms with E-state index in [0.717, 1.165) is 3.58 Å². The number of hydrogen-bond acceptors (Lipinski definition) is 5. The van der Waals surface area contributed by atoms with Crippen molar-refractivity contribution >= 4 is 28.6 Å². The van der Waals surface area contributed by atoms with E-state index in [4.69, 9.17) is 15.6 Å². The zero-order chi connectivity index (χ0) is 12.6. The fourth-order valence-electron chi connectivity index (χ4n) is 1.81. The Kier molecular flexibility index (Phi) is 3.88. The largest absolute Gasteiger partial charge is 0.394 e. The van der Waals surface area contributed by atoms with E-state index < -0.39 is 24.6 Å². The Labute approximate surface area is 112 Å². The molecule has 0 aromatic carbocycles. The highest BCUT2D eigenvalue weighted by Gasteiger charge is 2.39. The highest BCUT2D eigenvalue weighted by atomic mass is 127. The maximum atomic E-state index is 11.7. The van der Waals surface area contributed by atoms with Crippen LogP contribution in [0.3, 0.4) is 0 Å². The highest BCUT2D eigenvalue weighted by Crippen LogP contribution is 2.26. The number of carbonyl (C=O) groups is 1. The zero-order valence-electron chi connectivity index (χ0n) is 8.91. The van der Waals surface area contributed by atoms with Crippen LogP contribution in [-0.2, 0) is 4.74 Å². The molecule has 2 amide bonds. The molecule has 4 unspecified atom stereocenters. The summed E-state index contributed by atoms with van der Waals surface area (Å²) < 4.78 is 6.16. The van der Waals surface area contributed by atoms with Crippen molar-refractivity contribution in [2.75, 3.05) is 6.61 Å². The molecule has 2 rings (SSSR count). The minimum Gasteiger partial charge on any atom is -0.394 e. The number of urea groups is 1. The van der Waals surface area contributed by atoms with Gasteiger partial charge in [0.1, 0.15) is 18.5 Å². The summed E-state index contributed by atoms with van der Waals surface area (Å²) in [5.41, 5.74) is 5.65. The van der Waals surface area contributed by atoms with Gasteiger partial charge in [0.05, 0.1) is 12.7 Å². The SMILES string of the molecule is NC1NC(=O)N(C2CC(O)C(CO)O2)C=C1I. The molecule has 0 aromatic heterocycles. The van der Waals surface area contributed by atoms with E-state index in [9.17, 15) is 9.90 Å². The lowest BCUT2D eigenvalue weighted by Crippen LogP contribution is -2.54. The van der Waals surface area contributed by atoms with Crippen molar-refractivity contribution in [3.8, 4) is 0 Å². The van der Waals surface area contributed by atoms with Crippen molar-refractivity contribution in [2.45, 2.75) is 31.0 Å². The van der Waals surface area contributed by atoms with Crippen molar-refractivity contribution in [2.24, 2.45) is 5.73 Å². The summed E-state index contributed by atoms with van der Waals surface area (Å²) in [7, 11) is 0. The summed E-state index contributed by atoms with van der Waals surface area (Å²) in [6.45, 7) is -0.270. The van der Waals surface area contributed by atoms with Crippen LogP contribution in [0.4, 0.5) is 4.79 Å². The standard InChI is InChI=1S/C9H14IN3O4/c10-4-2-13(9(16)12-8(4)11)7-1-5(15)6(3-14)17-7/h2,5-8,14-15H,1,3,11H2,(H,12,16). The zero-order valence-corrected chi connectivity index (χ0v) is 11.1. The van der Waals surface area contributed by atoms with E-state index in [1.165, 1.54) is 4.90 Å². The number of nitrogens with zero attached hydrogens (tertiary/aromatic N) is 1. The van der Waals surface area contributed by atoms with Crippen LogP contribution in [0.5, 0.6) is 0 Å². The molecule has 17 heavy (non-hydrogen) atoms. The number of rotatable bonds is 2. The van der Waals surface area contributed by atoms with Crippen molar-refractivity contribution in [3.05, 3.63) is 9.78 Å². The van der Waals surface area contributed by atoms with Gasteiger partial charge in [-0.1, -0.05) is 0 Å². The predicted molar refractivity (Wildman–Crippen MR) is 66.8 cm³/mol. The summed E-state index contributed by atoms with van der Waals surface area (Å²) in [5.74, 6) is 0. The molecule has 8 heteroatoms. The van der Waals surface area contributed by atoms with Crippen LogP contribution in [0, 0.1) is 0 Å². The van der Waals surface area contributed by atoms with Gasteiger partial charge >= 0.3 is 6.03 Å². The molecule has 7 nitrogen and oxygen atoms in total. The van der Waals surface area contributed by atoms with E-state index in [1.807, 2.05) is 22.6 Å². The first kappa shape index (κ1) is 13.0. The molecule has 2 aliphatic rings. The number of aliphatic hydroxyl groups excluding tert-OH is 2. The number of hydrogen-bond donors (Lipinski definition) is 4. The third-order valence-corrected chi connectivity index (χ3v) is 3.72. The van der Waals surface area contributed by atoms with E-state index in [2.05, 4.69) is 5.32 Å². The lowest BCUT2D eigenvalue weighted by Gasteiger charge is -2.31. The van der Waals surface area contributed by atoms with Crippen molar-refractivity contribution in [3.63, 3.8) is 0 Å². The number of carbonyl (C=O) groups excluding carboxylic acids is 1. The van der Waals surface area contributed by atoms with Gasteiger partial charge in [0, 0.05) is 16.2 Å². The van der Waals surface area contributed by atoms with E-state index >= 15 is 0 Å². The smallest absolute Gasteiger partial charge is 0.325 e. The van der Waals surface area contributed by atoms with Crippen LogP contribution in [0.15, 0.2) is 9.78 Å². The lowest BCUT2D eigenvalue weighted by atomic mass is 10.2. The average molecular weight is 355 g/mol. The molecular formula is C9H14IN3O4. The van der Waals surface area contributed by atoms with Crippen molar-refractivity contribution in [1.29, 1.82) is 0 Å². The van der Waals surface area contributed by atoms with E-state index in [0.29, 0.717) is 0 Å². The Morgan fingerprint density at radius 2 is 2.41 bits per heavy atom. The fourth-order valence-corrected chi connectivity index (χ4v) is 2.27. The van der Waals surface area contributed by atoms with Crippen LogP contribution >= 0.6 is 22.6 Å². The number of ether oxygens (including phenoxy) is 1. The van der Waals surface area contributed by atoms with Gasteiger partial charge < -0.3 is 26.0 Å². The van der Waals surface area contributed by atoms with Gasteiger partial charge in [-0.05, 0) is 22.6 Å². The van der Waals surface area contributed by atoms with Gasteiger partial charge in [-0.2, -0.15) is 0 Å². The van der Waals surface area contributed by atoms with Crippen LogP contribution in [0.2, 0.25) is 0 Å². The normalized spacial score (nSPS) is 38.0.